The Bertz CT molecular complexity index is 710. The van der Waals surface area contributed by atoms with Gasteiger partial charge in [-0.15, -0.1) is 0 Å². The SMILES string of the molecule is O=C(NCC(=O)N1CCCCC1)c1ccc(Nc2ccncc2)cc1. The number of carbonyl (C=O) groups is 2. The van der Waals surface area contributed by atoms with E-state index in [1.165, 1.54) is 6.42 Å². The molecule has 2 amide bonds. The monoisotopic (exact) mass is 338 g/mol. The fourth-order valence-electron chi connectivity index (χ4n) is 2.82. The summed E-state index contributed by atoms with van der Waals surface area (Å²) in [7, 11) is 0. The molecule has 1 aromatic heterocycles. The maximum atomic E-state index is 12.2. The van der Waals surface area contributed by atoms with Crippen LogP contribution in [0.4, 0.5) is 11.4 Å². The summed E-state index contributed by atoms with van der Waals surface area (Å²) in [5.41, 5.74) is 2.35. The maximum Gasteiger partial charge on any atom is 0.251 e. The van der Waals surface area contributed by atoms with E-state index in [2.05, 4.69) is 15.6 Å². The lowest BCUT2D eigenvalue weighted by Gasteiger charge is -2.26. The Morgan fingerprint density at radius 2 is 1.56 bits per heavy atom. The lowest BCUT2D eigenvalue weighted by Crippen LogP contribution is -2.42. The molecule has 0 unspecified atom stereocenters. The van der Waals surface area contributed by atoms with Crippen molar-refractivity contribution in [2.45, 2.75) is 19.3 Å². The Morgan fingerprint density at radius 3 is 2.24 bits per heavy atom. The number of hydrogen-bond donors (Lipinski definition) is 2. The number of aromatic nitrogens is 1. The summed E-state index contributed by atoms with van der Waals surface area (Å²) in [5, 5.41) is 5.94. The van der Waals surface area contributed by atoms with Crippen LogP contribution in [-0.2, 0) is 4.79 Å². The third kappa shape index (κ3) is 4.79. The van der Waals surface area contributed by atoms with Crippen LogP contribution in [0.15, 0.2) is 48.8 Å². The summed E-state index contributed by atoms with van der Waals surface area (Å²) in [6, 6.07) is 10.9. The Hall–Kier alpha value is -2.89. The van der Waals surface area contributed by atoms with E-state index < -0.39 is 0 Å². The molecule has 1 saturated heterocycles. The molecule has 2 N–H and O–H groups in total. The molecule has 6 nitrogen and oxygen atoms in total. The summed E-state index contributed by atoms with van der Waals surface area (Å²) < 4.78 is 0. The number of nitrogens with zero attached hydrogens (tertiary/aromatic N) is 2. The van der Waals surface area contributed by atoms with E-state index in [0.717, 1.165) is 37.3 Å². The number of carbonyl (C=O) groups excluding carboxylic acids is 2. The molecule has 1 aliphatic rings. The fraction of sp³-hybridized carbons (Fsp3) is 0.316. The molecular formula is C19H22N4O2. The topological polar surface area (TPSA) is 74.3 Å². The van der Waals surface area contributed by atoms with Gasteiger partial charge < -0.3 is 15.5 Å². The first-order chi connectivity index (χ1) is 12.2. The number of amides is 2. The smallest absolute Gasteiger partial charge is 0.251 e. The fourth-order valence-corrected chi connectivity index (χ4v) is 2.82. The summed E-state index contributed by atoms with van der Waals surface area (Å²) in [5.74, 6) is -0.246. The highest BCUT2D eigenvalue weighted by Gasteiger charge is 2.17. The van der Waals surface area contributed by atoms with Gasteiger partial charge in [-0.25, -0.2) is 0 Å². The van der Waals surface area contributed by atoms with Crippen molar-refractivity contribution in [1.29, 1.82) is 0 Å². The minimum absolute atomic E-state index is 0.0102. The van der Waals surface area contributed by atoms with E-state index in [0.29, 0.717) is 5.56 Å². The maximum absolute atomic E-state index is 12.2. The van der Waals surface area contributed by atoms with Crippen LogP contribution < -0.4 is 10.6 Å². The Kier molecular flexibility index (Phi) is 5.61. The third-order valence-electron chi connectivity index (χ3n) is 4.23. The highest BCUT2D eigenvalue weighted by Crippen LogP contribution is 2.16. The molecule has 130 valence electrons. The van der Waals surface area contributed by atoms with Crippen LogP contribution in [0.3, 0.4) is 0 Å². The summed E-state index contributed by atoms with van der Waals surface area (Å²) in [6.45, 7) is 1.64. The Labute approximate surface area is 147 Å². The number of anilines is 2. The highest BCUT2D eigenvalue weighted by atomic mass is 16.2. The van der Waals surface area contributed by atoms with Crippen molar-refractivity contribution >= 4 is 23.2 Å². The second kappa shape index (κ2) is 8.28. The normalized spacial score (nSPS) is 14.0. The zero-order chi connectivity index (χ0) is 17.5. The van der Waals surface area contributed by atoms with E-state index >= 15 is 0 Å². The van der Waals surface area contributed by atoms with Crippen molar-refractivity contribution in [3.05, 3.63) is 54.4 Å². The zero-order valence-corrected chi connectivity index (χ0v) is 14.1. The van der Waals surface area contributed by atoms with Gasteiger partial charge in [0.15, 0.2) is 0 Å². The van der Waals surface area contributed by atoms with Gasteiger partial charge in [-0.05, 0) is 55.7 Å². The van der Waals surface area contributed by atoms with Gasteiger partial charge in [-0.2, -0.15) is 0 Å². The summed E-state index contributed by atoms with van der Waals surface area (Å²) >= 11 is 0. The van der Waals surface area contributed by atoms with Crippen LogP contribution in [0, 0.1) is 0 Å². The first-order valence-electron chi connectivity index (χ1n) is 8.55. The molecule has 1 aromatic carbocycles. The van der Waals surface area contributed by atoms with Gasteiger partial charge in [-0.3, -0.25) is 14.6 Å². The average molecular weight is 338 g/mol. The van der Waals surface area contributed by atoms with E-state index in [-0.39, 0.29) is 18.4 Å². The third-order valence-corrected chi connectivity index (χ3v) is 4.23. The molecule has 3 rings (SSSR count). The van der Waals surface area contributed by atoms with E-state index in [4.69, 9.17) is 0 Å². The predicted octanol–water partition coefficient (Wildman–Crippen LogP) is 2.57. The van der Waals surface area contributed by atoms with Crippen LogP contribution in [0.1, 0.15) is 29.6 Å². The van der Waals surface area contributed by atoms with E-state index in [1.54, 1.807) is 24.5 Å². The van der Waals surface area contributed by atoms with Crippen LogP contribution in [0.2, 0.25) is 0 Å². The van der Waals surface area contributed by atoms with Crippen LogP contribution in [0.5, 0.6) is 0 Å². The van der Waals surface area contributed by atoms with Crippen molar-refractivity contribution < 1.29 is 9.59 Å². The molecule has 0 bridgehead atoms. The van der Waals surface area contributed by atoms with Gasteiger partial charge in [-0.1, -0.05) is 0 Å². The lowest BCUT2D eigenvalue weighted by molar-refractivity contribution is -0.130. The minimum Gasteiger partial charge on any atom is -0.355 e. The molecule has 0 aliphatic carbocycles. The molecule has 25 heavy (non-hydrogen) atoms. The molecule has 2 heterocycles. The van der Waals surface area contributed by atoms with Crippen molar-refractivity contribution in [3.8, 4) is 0 Å². The molecular weight excluding hydrogens is 316 g/mol. The summed E-state index contributed by atoms with van der Waals surface area (Å²) in [6.07, 6.45) is 6.69. The lowest BCUT2D eigenvalue weighted by atomic mass is 10.1. The quantitative estimate of drug-likeness (QED) is 0.879. The molecule has 0 saturated carbocycles. The second-order valence-corrected chi connectivity index (χ2v) is 6.06. The first-order valence-corrected chi connectivity index (χ1v) is 8.55. The van der Waals surface area contributed by atoms with Crippen LogP contribution in [0.25, 0.3) is 0 Å². The van der Waals surface area contributed by atoms with E-state index in [1.807, 2.05) is 29.2 Å². The van der Waals surface area contributed by atoms with Gasteiger partial charge in [0.05, 0.1) is 6.54 Å². The minimum atomic E-state index is -0.235. The number of likely N-dealkylation sites (tertiary alicyclic amines) is 1. The number of pyridine rings is 1. The highest BCUT2D eigenvalue weighted by molar-refractivity contribution is 5.96. The van der Waals surface area contributed by atoms with Gasteiger partial charge in [0, 0.05) is 42.4 Å². The van der Waals surface area contributed by atoms with Crippen LogP contribution >= 0.6 is 0 Å². The second-order valence-electron chi connectivity index (χ2n) is 6.06. The number of benzene rings is 1. The number of hydrogen-bond acceptors (Lipinski definition) is 4. The van der Waals surface area contributed by atoms with Gasteiger partial charge in [0.2, 0.25) is 5.91 Å². The molecule has 1 fully saturated rings. The molecule has 0 radical (unpaired) electrons. The number of rotatable bonds is 5. The molecule has 0 atom stereocenters. The van der Waals surface area contributed by atoms with Gasteiger partial charge >= 0.3 is 0 Å². The Morgan fingerprint density at radius 1 is 0.920 bits per heavy atom. The van der Waals surface area contributed by atoms with Gasteiger partial charge in [0.1, 0.15) is 0 Å². The van der Waals surface area contributed by atoms with Gasteiger partial charge in [0.25, 0.3) is 5.91 Å². The molecule has 1 aliphatic heterocycles. The predicted molar refractivity (Wildman–Crippen MR) is 96.7 cm³/mol. The van der Waals surface area contributed by atoms with E-state index in [9.17, 15) is 9.59 Å². The number of piperidine rings is 1. The average Bonchev–Trinajstić information content (AvgIpc) is 2.68. The molecule has 2 aromatic rings. The van der Waals surface area contributed by atoms with Crippen molar-refractivity contribution in [3.63, 3.8) is 0 Å². The first kappa shape index (κ1) is 17.0. The van der Waals surface area contributed by atoms with Crippen molar-refractivity contribution in [2.24, 2.45) is 0 Å². The zero-order valence-electron chi connectivity index (χ0n) is 14.1. The molecule has 0 spiro atoms. The standard InChI is InChI=1S/C19H22N4O2/c24-18(23-12-2-1-3-13-23)14-21-19(25)15-4-6-16(7-5-15)22-17-8-10-20-11-9-17/h4-11H,1-3,12-14H2,(H,20,22)(H,21,25). The Balaban J connectivity index is 1.51. The van der Waals surface area contributed by atoms with Crippen molar-refractivity contribution in [1.82, 2.24) is 15.2 Å². The summed E-state index contributed by atoms with van der Waals surface area (Å²) in [4.78, 5) is 30.1. The van der Waals surface area contributed by atoms with Crippen LogP contribution in [-0.4, -0.2) is 41.3 Å². The number of nitrogens with one attached hydrogen (secondary N) is 2. The largest absolute Gasteiger partial charge is 0.355 e. The van der Waals surface area contributed by atoms with Crippen molar-refractivity contribution in [2.75, 3.05) is 25.0 Å². The molecule has 6 heteroatoms.